The lowest BCUT2D eigenvalue weighted by atomic mass is 10.1. The molecule has 0 spiro atoms. The van der Waals surface area contributed by atoms with Crippen molar-refractivity contribution in [3.63, 3.8) is 0 Å². The molecule has 3 aromatic rings. The molecule has 0 aliphatic carbocycles. The summed E-state index contributed by atoms with van der Waals surface area (Å²) in [4.78, 5) is 15.6. The Balaban J connectivity index is 1.85. The monoisotopic (exact) mass is 389 g/mol. The molecule has 0 amide bonds. The van der Waals surface area contributed by atoms with Crippen molar-refractivity contribution in [3.05, 3.63) is 88.5 Å². The van der Waals surface area contributed by atoms with Gasteiger partial charge in [-0.25, -0.2) is 4.79 Å². The highest BCUT2D eigenvalue weighted by atomic mass is 16.5. The van der Waals surface area contributed by atoms with Gasteiger partial charge in [0.2, 0.25) is 0 Å². The van der Waals surface area contributed by atoms with Crippen molar-refractivity contribution in [2.75, 3.05) is 7.11 Å². The van der Waals surface area contributed by atoms with Crippen molar-refractivity contribution in [2.45, 2.75) is 20.5 Å². The lowest BCUT2D eigenvalue weighted by Crippen LogP contribution is -2.02. The summed E-state index contributed by atoms with van der Waals surface area (Å²) in [5.74, 6) is 0.246. The number of carboxylic acid groups (broad SMARTS) is 1. The van der Waals surface area contributed by atoms with Crippen LogP contribution in [0.3, 0.4) is 0 Å². The van der Waals surface area contributed by atoms with Crippen molar-refractivity contribution in [1.29, 1.82) is 0 Å². The molecule has 0 fully saturated rings. The topological polar surface area (TPSA) is 68.1 Å². The summed E-state index contributed by atoms with van der Waals surface area (Å²) in [6.07, 6.45) is 1.77. The number of nitrogens with zero attached hydrogens (tertiary/aromatic N) is 1. The summed E-state index contributed by atoms with van der Waals surface area (Å²) < 4.78 is 11.5. The zero-order chi connectivity index (χ0) is 20.8. The molecule has 0 aromatic heterocycles. The van der Waals surface area contributed by atoms with E-state index in [9.17, 15) is 4.79 Å². The highest BCUT2D eigenvalue weighted by Gasteiger charge is 2.10. The maximum Gasteiger partial charge on any atom is 0.335 e. The Morgan fingerprint density at radius 1 is 1.07 bits per heavy atom. The van der Waals surface area contributed by atoms with Crippen LogP contribution in [0.15, 0.2) is 65.7 Å². The van der Waals surface area contributed by atoms with Gasteiger partial charge < -0.3 is 14.6 Å². The molecular formula is C24H23NO4. The molecule has 0 heterocycles. The molecule has 0 saturated heterocycles. The van der Waals surface area contributed by atoms with E-state index in [1.807, 2.05) is 44.2 Å². The zero-order valence-electron chi connectivity index (χ0n) is 16.7. The average molecular weight is 389 g/mol. The van der Waals surface area contributed by atoms with Crippen molar-refractivity contribution in [1.82, 2.24) is 0 Å². The largest absolute Gasteiger partial charge is 0.493 e. The van der Waals surface area contributed by atoms with E-state index in [0.29, 0.717) is 11.5 Å². The van der Waals surface area contributed by atoms with Gasteiger partial charge in [-0.15, -0.1) is 0 Å². The Morgan fingerprint density at radius 2 is 1.83 bits per heavy atom. The Bertz CT molecular complexity index is 1040. The van der Waals surface area contributed by atoms with Gasteiger partial charge in [0.1, 0.15) is 6.61 Å². The first-order valence-corrected chi connectivity index (χ1v) is 9.21. The Labute approximate surface area is 170 Å². The second kappa shape index (κ2) is 9.06. The maximum atomic E-state index is 11.0. The van der Waals surface area contributed by atoms with E-state index in [1.165, 1.54) is 0 Å². The van der Waals surface area contributed by atoms with E-state index in [-0.39, 0.29) is 12.2 Å². The lowest BCUT2D eigenvalue weighted by molar-refractivity contribution is 0.0697. The Hall–Kier alpha value is -3.60. The van der Waals surface area contributed by atoms with E-state index in [4.69, 9.17) is 14.6 Å². The molecule has 3 rings (SSSR count). The first-order chi connectivity index (χ1) is 14.0. The van der Waals surface area contributed by atoms with Crippen LogP contribution in [0.5, 0.6) is 11.5 Å². The second-order valence-electron chi connectivity index (χ2n) is 6.72. The quantitative estimate of drug-likeness (QED) is 0.554. The number of carbonyl (C=O) groups is 1. The SMILES string of the molecule is COc1cccc(C=Nc2cc(C)ccc2C)c1OCc1ccc(C(=O)O)cc1. The number of benzene rings is 3. The number of para-hydroxylation sites is 1. The molecule has 0 saturated carbocycles. The summed E-state index contributed by atoms with van der Waals surface area (Å²) in [6, 6.07) is 18.4. The normalized spacial score (nSPS) is 10.9. The molecule has 5 nitrogen and oxygen atoms in total. The standard InChI is InChI=1S/C24H23NO4/c1-16-7-8-17(2)21(13-16)25-14-20-5-4-6-22(28-3)23(20)29-15-18-9-11-19(12-10-18)24(26)27/h4-14H,15H2,1-3H3,(H,26,27). The lowest BCUT2D eigenvalue weighted by Gasteiger charge is -2.13. The highest BCUT2D eigenvalue weighted by molar-refractivity contribution is 5.88. The van der Waals surface area contributed by atoms with Gasteiger partial charge in [0.15, 0.2) is 11.5 Å². The fourth-order valence-electron chi connectivity index (χ4n) is 2.85. The Morgan fingerprint density at radius 3 is 2.52 bits per heavy atom. The summed E-state index contributed by atoms with van der Waals surface area (Å²) in [6.45, 7) is 4.34. The average Bonchev–Trinajstić information content (AvgIpc) is 2.73. The summed E-state index contributed by atoms with van der Waals surface area (Å²) in [5, 5.41) is 9.02. The van der Waals surface area contributed by atoms with Crippen LogP contribution in [-0.2, 0) is 6.61 Å². The minimum Gasteiger partial charge on any atom is -0.493 e. The molecule has 148 valence electrons. The highest BCUT2D eigenvalue weighted by Crippen LogP contribution is 2.31. The minimum atomic E-state index is -0.952. The third-order valence-electron chi connectivity index (χ3n) is 4.52. The number of hydrogen-bond acceptors (Lipinski definition) is 4. The summed E-state index contributed by atoms with van der Waals surface area (Å²) in [7, 11) is 1.59. The number of aryl methyl sites for hydroxylation is 2. The second-order valence-corrected chi connectivity index (χ2v) is 6.72. The van der Waals surface area contributed by atoms with Crippen LogP contribution in [0.2, 0.25) is 0 Å². The van der Waals surface area contributed by atoms with E-state index < -0.39 is 5.97 Å². The van der Waals surface area contributed by atoms with Gasteiger partial charge in [-0.3, -0.25) is 4.99 Å². The number of aliphatic imine (C=N–C) groups is 1. The number of rotatable bonds is 7. The number of hydrogen-bond donors (Lipinski definition) is 1. The van der Waals surface area contributed by atoms with Crippen LogP contribution in [0.4, 0.5) is 5.69 Å². The number of methoxy groups -OCH3 is 1. The fraction of sp³-hybridized carbons (Fsp3) is 0.167. The molecule has 5 heteroatoms. The smallest absolute Gasteiger partial charge is 0.335 e. The van der Waals surface area contributed by atoms with Crippen LogP contribution in [0.1, 0.15) is 32.6 Å². The summed E-state index contributed by atoms with van der Waals surface area (Å²) in [5.41, 5.74) is 5.05. The molecule has 29 heavy (non-hydrogen) atoms. The Kier molecular flexibility index (Phi) is 6.29. The van der Waals surface area contributed by atoms with Crippen LogP contribution >= 0.6 is 0 Å². The first kappa shape index (κ1) is 20.1. The van der Waals surface area contributed by atoms with Gasteiger partial charge in [0.05, 0.1) is 18.4 Å². The molecule has 0 radical (unpaired) electrons. The number of carboxylic acids is 1. The van der Waals surface area contributed by atoms with Crippen molar-refractivity contribution >= 4 is 17.9 Å². The van der Waals surface area contributed by atoms with Crippen molar-refractivity contribution in [2.24, 2.45) is 4.99 Å². The van der Waals surface area contributed by atoms with Gasteiger partial charge >= 0.3 is 5.97 Å². The van der Waals surface area contributed by atoms with E-state index in [0.717, 1.165) is 27.9 Å². The zero-order valence-corrected chi connectivity index (χ0v) is 16.7. The number of aromatic carboxylic acids is 1. The van der Waals surface area contributed by atoms with E-state index >= 15 is 0 Å². The van der Waals surface area contributed by atoms with Crippen LogP contribution in [0, 0.1) is 13.8 Å². The molecule has 1 N–H and O–H groups in total. The van der Waals surface area contributed by atoms with Gasteiger partial charge in [-0.2, -0.15) is 0 Å². The molecule has 0 atom stereocenters. The summed E-state index contributed by atoms with van der Waals surface area (Å²) >= 11 is 0. The fourth-order valence-corrected chi connectivity index (χ4v) is 2.85. The van der Waals surface area contributed by atoms with Crippen LogP contribution in [-0.4, -0.2) is 24.4 Å². The molecule has 0 aliphatic rings. The predicted octanol–water partition coefficient (Wildman–Crippen LogP) is 5.34. The van der Waals surface area contributed by atoms with Gasteiger partial charge in [0.25, 0.3) is 0 Å². The van der Waals surface area contributed by atoms with Crippen LogP contribution in [0.25, 0.3) is 0 Å². The molecule has 0 unspecified atom stereocenters. The maximum absolute atomic E-state index is 11.0. The first-order valence-electron chi connectivity index (χ1n) is 9.21. The molecule has 3 aromatic carbocycles. The third-order valence-corrected chi connectivity index (χ3v) is 4.52. The number of ether oxygens (including phenoxy) is 2. The van der Waals surface area contributed by atoms with E-state index in [2.05, 4.69) is 11.1 Å². The van der Waals surface area contributed by atoms with Gasteiger partial charge in [-0.05, 0) is 60.9 Å². The van der Waals surface area contributed by atoms with Gasteiger partial charge in [-0.1, -0.05) is 30.3 Å². The molecular weight excluding hydrogens is 366 g/mol. The van der Waals surface area contributed by atoms with Crippen molar-refractivity contribution in [3.8, 4) is 11.5 Å². The predicted molar refractivity (Wildman–Crippen MR) is 114 cm³/mol. The van der Waals surface area contributed by atoms with Gasteiger partial charge in [0, 0.05) is 11.8 Å². The van der Waals surface area contributed by atoms with Crippen molar-refractivity contribution < 1.29 is 19.4 Å². The minimum absolute atomic E-state index is 0.243. The molecule has 0 aliphatic heterocycles. The van der Waals surface area contributed by atoms with Crippen LogP contribution < -0.4 is 9.47 Å². The third kappa shape index (κ3) is 5.02. The van der Waals surface area contributed by atoms with E-state index in [1.54, 1.807) is 37.6 Å². The molecule has 0 bridgehead atoms.